The molecule has 0 saturated carbocycles. The first-order valence-corrected chi connectivity index (χ1v) is 10.3. The fourth-order valence-corrected chi connectivity index (χ4v) is 2.97. The van der Waals surface area contributed by atoms with Crippen molar-refractivity contribution < 1.29 is 23.7 Å². The zero-order valence-corrected chi connectivity index (χ0v) is 17.9. The summed E-state index contributed by atoms with van der Waals surface area (Å²) in [6, 6.07) is 0. The summed E-state index contributed by atoms with van der Waals surface area (Å²) >= 11 is 0. The van der Waals surface area contributed by atoms with Gasteiger partial charge < -0.3 is 30.0 Å². The van der Waals surface area contributed by atoms with Crippen LogP contribution in [-0.2, 0) is 23.7 Å². The molecule has 0 saturated heterocycles. The first-order chi connectivity index (χ1) is 13.5. The molecule has 0 radical (unpaired) electrons. The Morgan fingerprint density at radius 1 is 1.21 bits per heavy atom. The van der Waals surface area contributed by atoms with E-state index >= 15 is 0 Å². The number of hydrogen-bond donors (Lipinski definition) is 2. The maximum absolute atomic E-state index is 12.5. The normalized spacial score (nSPS) is 18.2. The van der Waals surface area contributed by atoms with Crippen LogP contribution in [-0.4, -0.2) is 64.8 Å². The van der Waals surface area contributed by atoms with Crippen molar-refractivity contribution in [3.8, 4) is 0 Å². The van der Waals surface area contributed by atoms with Gasteiger partial charge in [-0.25, -0.2) is 4.79 Å². The van der Waals surface area contributed by atoms with E-state index in [9.17, 15) is 4.79 Å². The molecule has 0 aromatic carbocycles. The van der Waals surface area contributed by atoms with Crippen molar-refractivity contribution in [2.45, 2.75) is 58.7 Å². The first-order valence-electron chi connectivity index (χ1n) is 10.3. The number of rotatable bonds is 14. The zero-order chi connectivity index (χ0) is 20.8. The highest BCUT2D eigenvalue weighted by Crippen LogP contribution is 2.24. The predicted octanol–water partition coefficient (Wildman–Crippen LogP) is 2.31. The summed E-state index contributed by atoms with van der Waals surface area (Å²) < 4.78 is 21.6. The smallest absolute Gasteiger partial charge is 0.335 e. The van der Waals surface area contributed by atoms with Gasteiger partial charge in [0.1, 0.15) is 6.61 Å². The molecule has 2 unspecified atom stereocenters. The molecule has 162 valence electrons. The average molecular weight is 399 g/mol. The van der Waals surface area contributed by atoms with Gasteiger partial charge in [0.05, 0.1) is 24.4 Å². The molecule has 0 aliphatic heterocycles. The highest BCUT2D eigenvalue weighted by molar-refractivity contribution is 5.90. The molecule has 1 rings (SSSR count). The van der Waals surface area contributed by atoms with E-state index in [0.717, 1.165) is 50.1 Å². The number of hydrogen-bond acceptors (Lipinski definition) is 7. The summed E-state index contributed by atoms with van der Waals surface area (Å²) in [7, 11) is 1.70. The fraction of sp³-hybridized carbons (Fsp3) is 0.762. The van der Waals surface area contributed by atoms with Crippen molar-refractivity contribution in [3.05, 3.63) is 22.9 Å². The Bertz CT molecular complexity index is 519. The van der Waals surface area contributed by atoms with Gasteiger partial charge in [-0.3, -0.25) is 0 Å². The van der Waals surface area contributed by atoms with Crippen molar-refractivity contribution in [2.75, 3.05) is 46.6 Å². The lowest BCUT2D eigenvalue weighted by Gasteiger charge is -2.20. The molecule has 0 aromatic heterocycles. The van der Waals surface area contributed by atoms with Gasteiger partial charge in [-0.2, -0.15) is 0 Å². The van der Waals surface area contributed by atoms with Crippen LogP contribution in [0.5, 0.6) is 0 Å². The summed E-state index contributed by atoms with van der Waals surface area (Å²) in [5, 5.41) is 3.41. The van der Waals surface area contributed by atoms with E-state index < -0.39 is 0 Å². The molecule has 7 nitrogen and oxygen atoms in total. The first kappa shape index (κ1) is 24.6. The van der Waals surface area contributed by atoms with Crippen LogP contribution in [0.1, 0.15) is 46.5 Å². The second kappa shape index (κ2) is 14.6. The minimum Gasteiger partial charge on any atom is -0.460 e. The Labute approximate surface area is 169 Å². The van der Waals surface area contributed by atoms with Crippen LogP contribution >= 0.6 is 0 Å². The van der Waals surface area contributed by atoms with Gasteiger partial charge in [-0.1, -0.05) is 0 Å². The van der Waals surface area contributed by atoms with Crippen LogP contribution < -0.4 is 11.1 Å². The van der Waals surface area contributed by atoms with Crippen LogP contribution in [0.25, 0.3) is 0 Å². The Morgan fingerprint density at radius 3 is 2.64 bits per heavy atom. The molecule has 0 bridgehead atoms. The molecule has 1 aliphatic rings. The molecule has 0 aromatic rings. The molecule has 3 N–H and O–H groups in total. The summed E-state index contributed by atoms with van der Waals surface area (Å²) in [6.07, 6.45) is 5.61. The third kappa shape index (κ3) is 9.68. The maximum atomic E-state index is 12.5. The lowest BCUT2D eigenvalue weighted by molar-refractivity contribution is -0.143. The van der Waals surface area contributed by atoms with Crippen molar-refractivity contribution >= 4 is 5.97 Å². The molecule has 0 spiro atoms. The predicted molar refractivity (Wildman–Crippen MR) is 110 cm³/mol. The Kier molecular flexibility index (Phi) is 12.8. The van der Waals surface area contributed by atoms with Crippen LogP contribution in [0.3, 0.4) is 0 Å². The minimum atomic E-state index is -0.359. The zero-order valence-electron chi connectivity index (χ0n) is 17.9. The van der Waals surface area contributed by atoms with Crippen LogP contribution in [0.4, 0.5) is 0 Å². The van der Waals surface area contributed by atoms with Crippen molar-refractivity contribution in [1.29, 1.82) is 0 Å². The highest BCUT2D eigenvalue weighted by atomic mass is 16.6. The molecule has 28 heavy (non-hydrogen) atoms. The second-order valence-electron chi connectivity index (χ2n) is 7.01. The fourth-order valence-electron chi connectivity index (χ4n) is 2.97. The average Bonchev–Trinajstić information content (AvgIpc) is 2.69. The van der Waals surface area contributed by atoms with Crippen molar-refractivity contribution in [1.82, 2.24) is 5.32 Å². The standard InChI is InChI=1S/C21H38N2O5/c1-5-26-16(2)14-27-17(3)15-28-21(24)20(13-22)18-8-6-9-19(12-18)23-10-7-11-25-4/h12,16-17,23H,5-11,13-15,22H2,1-4H3/b20-18-. The highest BCUT2D eigenvalue weighted by Gasteiger charge is 2.19. The van der Waals surface area contributed by atoms with Gasteiger partial charge in [0.15, 0.2) is 0 Å². The summed E-state index contributed by atoms with van der Waals surface area (Å²) in [5.41, 5.74) is 8.50. The van der Waals surface area contributed by atoms with E-state index in [-0.39, 0.29) is 31.3 Å². The third-order valence-electron chi connectivity index (χ3n) is 4.47. The minimum absolute atomic E-state index is 0.0204. The third-order valence-corrected chi connectivity index (χ3v) is 4.47. The van der Waals surface area contributed by atoms with Crippen LogP contribution in [0.15, 0.2) is 22.9 Å². The van der Waals surface area contributed by atoms with E-state index in [4.69, 9.17) is 24.7 Å². The molecule has 0 heterocycles. The summed E-state index contributed by atoms with van der Waals surface area (Å²) in [6.45, 7) is 8.84. The van der Waals surface area contributed by atoms with E-state index in [1.165, 1.54) is 0 Å². The molecule has 1 aliphatic carbocycles. The number of nitrogens with one attached hydrogen (secondary N) is 1. The Balaban J connectivity index is 2.55. The van der Waals surface area contributed by atoms with Gasteiger partial charge in [0.25, 0.3) is 0 Å². The number of allylic oxidation sites excluding steroid dienone is 3. The van der Waals surface area contributed by atoms with E-state index in [1.807, 2.05) is 26.8 Å². The summed E-state index contributed by atoms with van der Waals surface area (Å²) in [5.74, 6) is -0.359. The van der Waals surface area contributed by atoms with Gasteiger partial charge in [-0.05, 0) is 58.1 Å². The van der Waals surface area contributed by atoms with Gasteiger partial charge in [0, 0.05) is 39.1 Å². The molecular weight excluding hydrogens is 360 g/mol. The number of carbonyl (C=O) groups excluding carboxylic acids is 1. The van der Waals surface area contributed by atoms with Crippen molar-refractivity contribution in [3.63, 3.8) is 0 Å². The van der Waals surface area contributed by atoms with Gasteiger partial charge in [-0.15, -0.1) is 0 Å². The van der Waals surface area contributed by atoms with Gasteiger partial charge in [0.2, 0.25) is 0 Å². The van der Waals surface area contributed by atoms with E-state index in [1.54, 1.807) is 7.11 Å². The number of esters is 1. The number of ether oxygens (including phenoxy) is 4. The lowest BCUT2D eigenvalue weighted by Crippen LogP contribution is -2.26. The monoisotopic (exact) mass is 398 g/mol. The number of methoxy groups -OCH3 is 1. The Morgan fingerprint density at radius 2 is 1.96 bits per heavy atom. The quantitative estimate of drug-likeness (QED) is 0.263. The van der Waals surface area contributed by atoms with Crippen LogP contribution in [0.2, 0.25) is 0 Å². The van der Waals surface area contributed by atoms with E-state index in [0.29, 0.717) is 18.8 Å². The molecule has 0 amide bonds. The topological polar surface area (TPSA) is 92.0 Å². The summed E-state index contributed by atoms with van der Waals surface area (Å²) in [4.78, 5) is 12.5. The molecule has 2 atom stereocenters. The molecular formula is C21H38N2O5. The Hall–Kier alpha value is -1.41. The number of carbonyl (C=O) groups is 1. The SMILES string of the molecule is CCOC(C)COC(C)COC(=O)/C(CN)=C1\C=C(NCCCOC)CCC1. The van der Waals surface area contributed by atoms with E-state index in [2.05, 4.69) is 5.32 Å². The lowest BCUT2D eigenvalue weighted by atomic mass is 9.94. The van der Waals surface area contributed by atoms with Crippen LogP contribution in [0, 0.1) is 0 Å². The number of nitrogens with two attached hydrogens (primary N) is 1. The maximum Gasteiger partial charge on any atom is 0.335 e. The molecule has 7 heteroatoms. The molecule has 0 fully saturated rings. The van der Waals surface area contributed by atoms with Gasteiger partial charge >= 0.3 is 5.97 Å². The second-order valence-corrected chi connectivity index (χ2v) is 7.01. The largest absolute Gasteiger partial charge is 0.460 e. The van der Waals surface area contributed by atoms with Crippen molar-refractivity contribution in [2.24, 2.45) is 5.73 Å².